The highest BCUT2D eigenvalue weighted by Gasteiger charge is 2.36. The average Bonchev–Trinajstić information content (AvgIpc) is 2.83. The summed E-state index contributed by atoms with van der Waals surface area (Å²) in [6.45, 7) is 2.15. The van der Waals surface area contributed by atoms with Gasteiger partial charge in [0, 0.05) is 17.1 Å². The van der Waals surface area contributed by atoms with Crippen molar-refractivity contribution in [2.75, 3.05) is 25.0 Å². The number of nitrogens with zero attached hydrogens (tertiary/aromatic N) is 1. The van der Waals surface area contributed by atoms with Gasteiger partial charge in [0.15, 0.2) is 0 Å². The van der Waals surface area contributed by atoms with Crippen LogP contribution in [0.25, 0.3) is 0 Å². The number of nitrogens with one attached hydrogen (secondary N) is 1. The van der Waals surface area contributed by atoms with Crippen LogP contribution in [0, 0.1) is 5.92 Å². The van der Waals surface area contributed by atoms with E-state index in [1.54, 1.807) is 49.6 Å². The van der Waals surface area contributed by atoms with Gasteiger partial charge in [0.05, 0.1) is 19.9 Å². The molecule has 1 aliphatic carbocycles. The van der Waals surface area contributed by atoms with Gasteiger partial charge in [0.25, 0.3) is 0 Å². The highest BCUT2D eigenvalue weighted by atomic mass is 35.5. The Bertz CT molecular complexity index is 967. The molecule has 0 aliphatic heterocycles. The smallest absolute Gasteiger partial charge is 0.248 e. The van der Waals surface area contributed by atoms with E-state index < -0.39 is 11.9 Å². The zero-order valence-electron chi connectivity index (χ0n) is 19.1. The van der Waals surface area contributed by atoms with Crippen LogP contribution >= 0.6 is 23.2 Å². The summed E-state index contributed by atoms with van der Waals surface area (Å²) < 4.78 is 10.8. The molecular formula is C25H30Cl2N2O4. The Balaban J connectivity index is 2.09. The van der Waals surface area contributed by atoms with Crippen molar-refractivity contribution in [1.82, 2.24) is 5.32 Å². The van der Waals surface area contributed by atoms with Gasteiger partial charge in [-0.3, -0.25) is 14.5 Å². The summed E-state index contributed by atoms with van der Waals surface area (Å²) in [4.78, 5) is 28.3. The van der Waals surface area contributed by atoms with Crippen LogP contribution < -0.4 is 19.7 Å². The minimum atomic E-state index is -0.954. The second-order valence-corrected chi connectivity index (χ2v) is 8.97. The molecule has 2 aromatic rings. The predicted octanol–water partition coefficient (Wildman–Crippen LogP) is 5.37. The molecule has 8 heteroatoms. The minimum absolute atomic E-state index is 0.0479. The van der Waals surface area contributed by atoms with Gasteiger partial charge < -0.3 is 14.8 Å². The van der Waals surface area contributed by atoms with Crippen molar-refractivity contribution in [3.05, 3.63) is 53.1 Å². The van der Waals surface area contributed by atoms with Crippen LogP contribution in [0.5, 0.6) is 11.5 Å². The number of anilines is 1. The van der Waals surface area contributed by atoms with E-state index >= 15 is 0 Å². The molecule has 2 aromatic carbocycles. The van der Waals surface area contributed by atoms with Crippen LogP contribution in [0.1, 0.15) is 44.2 Å². The van der Waals surface area contributed by atoms with Crippen molar-refractivity contribution in [3.63, 3.8) is 0 Å². The van der Waals surface area contributed by atoms with Gasteiger partial charge in [0.1, 0.15) is 23.4 Å². The summed E-state index contributed by atoms with van der Waals surface area (Å²) in [5.74, 6) is 0.329. The molecule has 0 aromatic heterocycles. The number of benzene rings is 2. The molecule has 0 saturated heterocycles. The molecule has 33 heavy (non-hydrogen) atoms. The normalized spacial score (nSPS) is 18.8. The maximum atomic E-state index is 13.8. The molecule has 0 spiro atoms. The fraction of sp³-hybridized carbons (Fsp3) is 0.440. The number of carbonyl (C=O) groups excluding carboxylic acids is 2. The summed E-state index contributed by atoms with van der Waals surface area (Å²) >= 11 is 12.1. The molecule has 1 aliphatic rings. The molecule has 0 bridgehead atoms. The summed E-state index contributed by atoms with van der Waals surface area (Å²) in [5.41, 5.74) is 1.05. The number of methoxy groups -OCH3 is 2. The van der Waals surface area contributed by atoms with Gasteiger partial charge in [-0.2, -0.15) is 0 Å². The third kappa shape index (κ3) is 5.92. The van der Waals surface area contributed by atoms with E-state index in [0.717, 1.165) is 25.7 Å². The first-order valence-electron chi connectivity index (χ1n) is 11.1. The van der Waals surface area contributed by atoms with Gasteiger partial charge in [-0.05, 0) is 48.6 Å². The molecule has 3 rings (SSSR count). The summed E-state index contributed by atoms with van der Waals surface area (Å²) in [6.07, 6.45) is 4.20. The summed E-state index contributed by atoms with van der Waals surface area (Å²) in [5, 5.41) is 3.73. The zero-order chi connectivity index (χ0) is 24.0. The molecule has 0 heterocycles. The van der Waals surface area contributed by atoms with Crippen LogP contribution in [-0.4, -0.2) is 38.0 Å². The van der Waals surface area contributed by atoms with E-state index in [-0.39, 0.29) is 17.8 Å². The van der Waals surface area contributed by atoms with Crippen molar-refractivity contribution in [1.29, 1.82) is 0 Å². The highest BCUT2D eigenvalue weighted by molar-refractivity contribution is 6.30. The lowest BCUT2D eigenvalue weighted by Gasteiger charge is -2.35. The Morgan fingerprint density at radius 3 is 2.39 bits per heavy atom. The lowest BCUT2D eigenvalue weighted by Crippen LogP contribution is -2.49. The van der Waals surface area contributed by atoms with E-state index in [2.05, 4.69) is 12.2 Å². The number of carbonyl (C=O) groups is 2. The van der Waals surface area contributed by atoms with Crippen LogP contribution in [0.2, 0.25) is 5.02 Å². The standard InChI is InChI=1S/C25H30Cl2N2O4/c1-16-6-4-5-7-20(16)28-25(31)24(17-8-10-18(27)11-9-17)29(23(30)15-26)21-13-12-19(32-2)14-22(21)33-3/h8-14,16,20,24H,4-7,15H2,1-3H3,(H,28,31)/t16-,20+,24-/m0/s1. The Morgan fingerprint density at radius 1 is 1.09 bits per heavy atom. The van der Waals surface area contributed by atoms with E-state index in [1.807, 2.05) is 0 Å². The van der Waals surface area contributed by atoms with E-state index in [0.29, 0.717) is 33.7 Å². The Labute approximate surface area is 205 Å². The SMILES string of the molecule is COc1ccc(N(C(=O)CCl)[C@H](C(=O)N[C@@H]2CCCC[C@@H]2C)c2ccc(Cl)cc2)c(OC)c1. The number of hydrogen-bond donors (Lipinski definition) is 1. The first-order valence-corrected chi connectivity index (χ1v) is 12.0. The van der Waals surface area contributed by atoms with E-state index in [9.17, 15) is 9.59 Å². The molecule has 1 fully saturated rings. The fourth-order valence-corrected chi connectivity index (χ4v) is 4.58. The minimum Gasteiger partial charge on any atom is -0.497 e. The third-order valence-corrected chi connectivity index (χ3v) is 6.64. The van der Waals surface area contributed by atoms with Gasteiger partial charge in [-0.25, -0.2) is 0 Å². The molecule has 1 N–H and O–H groups in total. The molecule has 6 nitrogen and oxygen atoms in total. The van der Waals surface area contributed by atoms with Crippen molar-refractivity contribution < 1.29 is 19.1 Å². The number of amides is 2. The molecule has 0 radical (unpaired) electrons. The van der Waals surface area contributed by atoms with Crippen LogP contribution in [0.3, 0.4) is 0 Å². The fourth-order valence-electron chi connectivity index (χ4n) is 4.32. The number of rotatable bonds is 8. The Morgan fingerprint density at radius 2 is 1.79 bits per heavy atom. The van der Waals surface area contributed by atoms with Crippen molar-refractivity contribution in [2.24, 2.45) is 5.92 Å². The molecule has 0 unspecified atom stereocenters. The highest BCUT2D eigenvalue weighted by Crippen LogP contribution is 2.38. The number of halogens is 2. The summed E-state index contributed by atoms with van der Waals surface area (Å²) in [7, 11) is 3.05. The van der Waals surface area contributed by atoms with Gasteiger partial charge in [-0.1, -0.05) is 43.5 Å². The lowest BCUT2D eigenvalue weighted by molar-refractivity contribution is -0.126. The summed E-state index contributed by atoms with van der Waals surface area (Å²) in [6, 6.07) is 11.1. The zero-order valence-corrected chi connectivity index (χ0v) is 20.7. The second-order valence-electron chi connectivity index (χ2n) is 8.27. The predicted molar refractivity (Wildman–Crippen MR) is 132 cm³/mol. The molecular weight excluding hydrogens is 463 g/mol. The molecule has 178 valence electrons. The topological polar surface area (TPSA) is 67.9 Å². The molecule has 3 atom stereocenters. The maximum absolute atomic E-state index is 13.8. The average molecular weight is 493 g/mol. The quantitative estimate of drug-likeness (QED) is 0.503. The van der Waals surface area contributed by atoms with Gasteiger partial charge >= 0.3 is 0 Å². The monoisotopic (exact) mass is 492 g/mol. The first kappa shape index (κ1) is 25.2. The number of alkyl halides is 1. The molecule has 2 amide bonds. The third-order valence-electron chi connectivity index (χ3n) is 6.16. The van der Waals surface area contributed by atoms with Crippen molar-refractivity contribution >= 4 is 40.7 Å². The molecule has 1 saturated carbocycles. The lowest BCUT2D eigenvalue weighted by atomic mass is 9.85. The van der Waals surface area contributed by atoms with Crippen LogP contribution in [-0.2, 0) is 9.59 Å². The van der Waals surface area contributed by atoms with Gasteiger partial charge in [0.2, 0.25) is 11.8 Å². The largest absolute Gasteiger partial charge is 0.497 e. The van der Waals surface area contributed by atoms with E-state index in [1.165, 1.54) is 12.0 Å². The van der Waals surface area contributed by atoms with Crippen molar-refractivity contribution in [2.45, 2.75) is 44.7 Å². The number of ether oxygens (including phenoxy) is 2. The first-order chi connectivity index (χ1) is 15.9. The number of hydrogen-bond acceptors (Lipinski definition) is 4. The van der Waals surface area contributed by atoms with E-state index in [4.69, 9.17) is 32.7 Å². The van der Waals surface area contributed by atoms with Crippen LogP contribution in [0.4, 0.5) is 5.69 Å². The Hall–Kier alpha value is -2.44. The Kier molecular flexibility index (Phi) is 8.87. The second kappa shape index (κ2) is 11.6. The van der Waals surface area contributed by atoms with Gasteiger partial charge in [-0.15, -0.1) is 11.6 Å². The van der Waals surface area contributed by atoms with Crippen molar-refractivity contribution in [3.8, 4) is 11.5 Å². The van der Waals surface area contributed by atoms with Crippen LogP contribution in [0.15, 0.2) is 42.5 Å². The maximum Gasteiger partial charge on any atom is 0.248 e.